The Hall–Kier alpha value is -3.79. The van der Waals surface area contributed by atoms with Crippen molar-refractivity contribution < 1.29 is 9.53 Å². The number of ether oxygens (including phenoxy) is 1. The number of amides is 1. The molecule has 0 aliphatic heterocycles. The average Bonchev–Trinajstić information content (AvgIpc) is 3.41. The molecular formula is C24H27N7O3. The molecule has 0 bridgehead atoms. The summed E-state index contributed by atoms with van der Waals surface area (Å²) in [5.74, 6) is 1.23. The summed E-state index contributed by atoms with van der Waals surface area (Å²) in [6, 6.07) is 12.7. The van der Waals surface area contributed by atoms with Crippen LogP contribution in [0.2, 0.25) is 0 Å². The van der Waals surface area contributed by atoms with Gasteiger partial charge in [0.1, 0.15) is 11.4 Å². The molecule has 1 aliphatic rings. The van der Waals surface area contributed by atoms with Gasteiger partial charge in [0.15, 0.2) is 5.82 Å². The van der Waals surface area contributed by atoms with E-state index < -0.39 is 5.60 Å². The summed E-state index contributed by atoms with van der Waals surface area (Å²) in [7, 11) is 1.79. The molecule has 0 saturated heterocycles. The number of nitrogens with zero attached hydrogens (tertiary/aromatic N) is 5. The molecule has 1 aliphatic carbocycles. The van der Waals surface area contributed by atoms with Gasteiger partial charge in [-0.1, -0.05) is 49.6 Å². The molecule has 3 heterocycles. The van der Waals surface area contributed by atoms with Gasteiger partial charge in [0, 0.05) is 30.4 Å². The first-order valence-corrected chi connectivity index (χ1v) is 11.4. The zero-order chi connectivity index (χ0) is 23.7. The van der Waals surface area contributed by atoms with Crippen LogP contribution in [0.4, 0.5) is 5.82 Å². The molecule has 176 valence electrons. The molecule has 0 unspecified atom stereocenters. The highest BCUT2D eigenvalue weighted by Gasteiger charge is 2.41. The predicted molar refractivity (Wildman–Crippen MR) is 126 cm³/mol. The fourth-order valence-corrected chi connectivity index (χ4v) is 4.46. The van der Waals surface area contributed by atoms with E-state index in [0.717, 1.165) is 30.5 Å². The summed E-state index contributed by atoms with van der Waals surface area (Å²) < 4.78 is 9.14. The van der Waals surface area contributed by atoms with Crippen molar-refractivity contribution in [3.05, 3.63) is 64.2 Å². The summed E-state index contributed by atoms with van der Waals surface area (Å²) in [5, 5.41) is 11.6. The molecule has 10 nitrogen and oxygen atoms in total. The van der Waals surface area contributed by atoms with Crippen LogP contribution in [-0.4, -0.2) is 40.9 Å². The van der Waals surface area contributed by atoms with E-state index in [1.165, 1.54) is 10.6 Å². The van der Waals surface area contributed by atoms with Gasteiger partial charge in [-0.25, -0.2) is 0 Å². The van der Waals surface area contributed by atoms with Crippen LogP contribution in [0, 0.1) is 6.92 Å². The van der Waals surface area contributed by atoms with Gasteiger partial charge in [0.2, 0.25) is 5.78 Å². The van der Waals surface area contributed by atoms with Crippen molar-refractivity contribution in [3.63, 3.8) is 0 Å². The second kappa shape index (κ2) is 8.86. The van der Waals surface area contributed by atoms with Gasteiger partial charge in [0.05, 0.1) is 12.3 Å². The number of carbonyl (C=O) groups is 1. The number of aryl methyl sites for hydroxylation is 2. The fourth-order valence-electron chi connectivity index (χ4n) is 4.46. The number of nitrogens with one attached hydrogen (secondary N) is 2. The Morgan fingerprint density at radius 3 is 2.62 bits per heavy atom. The van der Waals surface area contributed by atoms with Crippen molar-refractivity contribution >= 4 is 17.5 Å². The molecule has 1 fully saturated rings. The SMILES string of the molecule is Cc1cc(NC(=O)C2(OCc3cc(=O)n4nc(-c5ccccc5)nc4[nH]3)CCCCC2)n(C)n1. The smallest absolute Gasteiger partial charge is 0.275 e. The van der Waals surface area contributed by atoms with E-state index in [1.807, 2.05) is 43.3 Å². The molecule has 10 heteroatoms. The van der Waals surface area contributed by atoms with Crippen LogP contribution in [0.5, 0.6) is 0 Å². The maximum Gasteiger partial charge on any atom is 0.275 e. The second-order valence-electron chi connectivity index (χ2n) is 8.76. The summed E-state index contributed by atoms with van der Waals surface area (Å²) in [4.78, 5) is 33.6. The highest BCUT2D eigenvalue weighted by Crippen LogP contribution is 2.33. The van der Waals surface area contributed by atoms with Gasteiger partial charge in [0.25, 0.3) is 11.5 Å². The van der Waals surface area contributed by atoms with Crippen molar-refractivity contribution in [2.75, 3.05) is 5.32 Å². The minimum Gasteiger partial charge on any atom is -0.359 e. The molecular weight excluding hydrogens is 434 g/mol. The first-order chi connectivity index (χ1) is 16.4. The number of H-pyrrole nitrogens is 1. The maximum absolute atomic E-state index is 13.3. The monoisotopic (exact) mass is 461 g/mol. The minimum absolute atomic E-state index is 0.0805. The first-order valence-electron chi connectivity index (χ1n) is 11.4. The molecule has 2 N–H and O–H groups in total. The molecule has 34 heavy (non-hydrogen) atoms. The lowest BCUT2D eigenvalue weighted by molar-refractivity contribution is -0.148. The number of aromatic amines is 1. The highest BCUT2D eigenvalue weighted by atomic mass is 16.5. The molecule has 1 saturated carbocycles. The van der Waals surface area contributed by atoms with E-state index in [-0.39, 0.29) is 18.1 Å². The molecule has 1 amide bonds. The number of hydrogen-bond acceptors (Lipinski definition) is 6. The van der Waals surface area contributed by atoms with E-state index >= 15 is 0 Å². The first kappa shape index (κ1) is 22.0. The normalized spacial score (nSPS) is 15.5. The van der Waals surface area contributed by atoms with Crippen LogP contribution in [0.3, 0.4) is 0 Å². The zero-order valence-corrected chi connectivity index (χ0v) is 19.2. The van der Waals surface area contributed by atoms with E-state index in [2.05, 4.69) is 25.5 Å². The quantitative estimate of drug-likeness (QED) is 0.456. The number of anilines is 1. The van der Waals surface area contributed by atoms with Crippen molar-refractivity contribution in [2.24, 2.45) is 7.05 Å². The van der Waals surface area contributed by atoms with Gasteiger partial charge in [-0.2, -0.15) is 14.6 Å². The Bertz CT molecular complexity index is 1380. The number of fused-ring (bicyclic) bond motifs is 1. The maximum atomic E-state index is 13.3. The van der Waals surface area contributed by atoms with Crippen LogP contribution >= 0.6 is 0 Å². The van der Waals surface area contributed by atoms with Gasteiger partial charge >= 0.3 is 0 Å². The molecule has 0 spiro atoms. The topological polar surface area (TPSA) is 119 Å². The van der Waals surface area contributed by atoms with Crippen molar-refractivity contribution in [1.82, 2.24) is 29.4 Å². The number of carbonyl (C=O) groups excluding carboxylic acids is 1. The second-order valence-corrected chi connectivity index (χ2v) is 8.76. The third-order valence-corrected chi connectivity index (χ3v) is 6.24. The standard InChI is InChI=1S/C24H27N7O3/c1-16-13-19(30(2)28-16)26-22(33)24(11-7-4-8-12-24)34-15-18-14-20(32)31-23(25-18)27-21(29-31)17-9-5-3-6-10-17/h3,5-6,9-10,13-14H,4,7-8,11-12,15H2,1-2H3,(H,26,33)(H,25,27,29). The van der Waals surface area contributed by atoms with Crippen molar-refractivity contribution in [3.8, 4) is 11.4 Å². The van der Waals surface area contributed by atoms with E-state index in [4.69, 9.17) is 4.74 Å². The lowest BCUT2D eigenvalue weighted by Gasteiger charge is -2.35. The Kier molecular flexibility index (Phi) is 5.74. The van der Waals surface area contributed by atoms with Gasteiger partial charge in [-0.05, 0) is 19.8 Å². The minimum atomic E-state index is -0.970. The third-order valence-electron chi connectivity index (χ3n) is 6.24. The molecule has 4 aromatic rings. The number of aromatic nitrogens is 6. The van der Waals surface area contributed by atoms with Crippen LogP contribution in [-0.2, 0) is 23.2 Å². The Morgan fingerprint density at radius 2 is 1.91 bits per heavy atom. The fraction of sp³-hybridized carbons (Fsp3) is 0.375. The molecule has 0 atom stereocenters. The predicted octanol–water partition coefficient (Wildman–Crippen LogP) is 2.98. The van der Waals surface area contributed by atoms with Crippen molar-refractivity contribution in [2.45, 2.75) is 51.2 Å². The number of rotatable bonds is 6. The summed E-state index contributed by atoms with van der Waals surface area (Å²) in [6.45, 7) is 1.96. The molecule has 1 aromatic carbocycles. The Labute approximate surface area is 196 Å². The van der Waals surface area contributed by atoms with Crippen molar-refractivity contribution in [1.29, 1.82) is 0 Å². The van der Waals surface area contributed by atoms with Crippen LogP contribution in [0.15, 0.2) is 47.3 Å². The summed E-state index contributed by atoms with van der Waals surface area (Å²) in [5.41, 5.74) is 0.904. The number of benzene rings is 1. The zero-order valence-electron chi connectivity index (χ0n) is 19.2. The van der Waals surface area contributed by atoms with E-state index in [1.54, 1.807) is 11.7 Å². The Morgan fingerprint density at radius 1 is 1.15 bits per heavy atom. The van der Waals surface area contributed by atoms with E-state index in [0.29, 0.717) is 36.0 Å². The van der Waals surface area contributed by atoms with E-state index in [9.17, 15) is 9.59 Å². The van der Waals surface area contributed by atoms with Gasteiger partial charge < -0.3 is 15.0 Å². The van der Waals surface area contributed by atoms with Crippen LogP contribution < -0.4 is 10.9 Å². The molecule has 5 rings (SSSR count). The average molecular weight is 462 g/mol. The summed E-state index contributed by atoms with van der Waals surface area (Å²) >= 11 is 0. The lowest BCUT2D eigenvalue weighted by atomic mass is 9.83. The largest absolute Gasteiger partial charge is 0.359 e. The van der Waals surface area contributed by atoms with Gasteiger partial charge in [-0.15, -0.1) is 5.10 Å². The van der Waals surface area contributed by atoms with Crippen LogP contribution in [0.1, 0.15) is 43.5 Å². The number of hydrogen-bond donors (Lipinski definition) is 2. The lowest BCUT2D eigenvalue weighted by Crippen LogP contribution is -2.47. The highest BCUT2D eigenvalue weighted by molar-refractivity contribution is 5.96. The molecule has 0 radical (unpaired) electrons. The summed E-state index contributed by atoms with van der Waals surface area (Å²) in [6.07, 6.45) is 4.10. The van der Waals surface area contributed by atoms with Gasteiger partial charge in [-0.3, -0.25) is 14.3 Å². The van der Waals surface area contributed by atoms with Crippen LogP contribution in [0.25, 0.3) is 17.2 Å². The molecule has 3 aromatic heterocycles. The third kappa shape index (κ3) is 4.24. The Balaban J connectivity index is 1.38.